The quantitative estimate of drug-likeness (QED) is 0.647. The van der Waals surface area contributed by atoms with E-state index in [1.807, 2.05) is 6.08 Å². The lowest BCUT2D eigenvalue weighted by Gasteiger charge is -2.24. The molecule has 1 atom stereocenters. The molecule has 1 saturated heterocycles. The first-order valence-corrected chi connectivity index (χ1v) is 5.95. The zero-order valence-electron chi connectivity index (χ0n) is 9.04. The fraction of sp³-hybridized carbons (Fsp3) is 0.833. The molecule has 2 heteroatoms. The minimum atomic E-state index is 0.744. The summed E-state index contributed by atoms with van der Waals surface area (Å²) in [6.45, 7) is 8.64. The Bertz CT molecular complexity index is 181. The van der Waals surface area contributed by atoms with Gasteiger partial charge in [0.25, 0.3) is 0 Å². The number of rotatable bonds is 6. The van der Waals surface area contributed by atoms with E-state index >= 15 is 0 Å². The van der Waals surface area contributed by atoms with Crippen LogP contribution in [0.25, 0.3) is 0 Å². The van der Waals surface area contributed by atoms with Crippen molar-refractivity contribution >= 4 is 0 Å². The summed E-state index contributed by atoms with van der Waals surface area (Å²) in [5.74, 6) is 0.997. The van der Waals surface area contributed by atoms with Crippen LogP contribution in [-0.2, 0) is 0 Å². The third-order valence-electron chi connectivity index (χ3n) is 3.24. The van der Waals surface area contributed by atoms with Gasteiger partial charge in [-0.05, 0) is 38.1 Å². The lowest BCUT2D eigenvalue weighted by molar-refractivity contribution is 0.263. The van der Waals surface area contributed by atoms with Crippen LogP contribution in [0.4, 0.5) is 0 Å². The fourth-order valence-corrected chi connectivity index (χ4v) is 2.30. The van der Waals surface area contributed by atoms with E-state index in [-0.39, 0.29) is 0 Å². The van der Waals surface area contributed by atoms with Gasteiger partial charge < -0.3 is 5.32 Å². The molecule has 2 aliphatic rings. The van der Waals surface area contributed by atoms with E-state index < -0.39 is 0 Å². The second kappa shape index (κ2) is 4.94. The van der Waals surface area contributed by atoms with Gasteiger partial charge in [-0.15, -0.1) is 6.58 Å². The van der Waals surface area contributed by atoms with Gasteiger partial charge in [0.05, 0.1) is 0 Å². The SMILES string of the molecule is C=CCN(CC1CC1)CC1CCCN1. The first kappa shape index (κ1) is 10.2. The van der Waals surface area contributed by atoms with Crippen molar-refractivity contribution in [1.29, 1.82) is 0 Å². The Morgan fingerprint density at radius 1 is 1.29 bits per heavy atom. The summed E-state index contributed by atoms with van der Waals surface area (Å²) in [5, 5.41) is 3.56. The van der Waals surface area contributed by atoms with Gasteiger partial charge in [-0.1, -0.05) is 6.08 Å². The molecule has 2 rings (SSSR count). The largest absolute Gasteiger partial charge is 0.313 e. The highest BCUT2D eigenvalue weighted by atomic mass is 15.2. The molecule has 14 heavy (non-hydrogen) atoms. The third-order valence-corrected chi connectivity index (χ3v) is 3.24. The van der Waals surface area contributed by atoms with Gasteiger partial charge in [0.2, 0.25) is 0 Å². The predicted octanol–water partition coefficient (Wildman–Crippen LogP) is 1.64. The maximum atomic E-state index is 3.84. The summed E-state index contributed by atoms with van der Waals surface area (Å²) in [7, 11) is 0. The van der Waals surface area contributed by atoms with Crippen molar-refractivity contribution in [2.24, 2.45) is 5.92 Å². The van der Waals surface area contributed by atoms with Crippen molar-refractivity contribution in [2.75, 3.05) is 26.2 Å². The van der Waals surface area contributed by atoms with E-state index in [0.29, 0.717) is 0 Å². The Labute approximate surface area is 87.4 Å². The molecule has 0 aromatic rings. The van der Waals surface area contributed by atoms with E-state index in [4.69, 9.17) is 0 Å². The first-order valence-electron chi connectivity index (χ1n) is 5.95. The Hall–Kier alpha value is -0.340. The Morgan fingerprint density at radius 2 is 2.14 bits per heavy atom. The smallest absolute Gasteiger partial charge is 0.0195 e. The van der Waals surface area contributed by atoms with Crippen molar-refractivity contribution < 1.29 is 0 Å². The normalized spacial score (nSPS) is 27.1. The van der Waals surface area contributed by atoms with Crippen LogP contribution in [0.3, 0.4) is 0 Å². The zero-order valence-corrected chi connectivity index (χ0v) is 9.04. The van der Waals surface area contributed by atoms with Gasteiger partial charge in [0.1, 0.15) is 0 Å². The summed E-state index contributed by atoms with van der Waals surface area (Å²) in [6, 6.07) is 0.744. The summed E-state index contributed by atoms with van der Waals surface area (Å²) in [4.78, 5) is 2.56. The molecular formula is C12H22N2. The monoisotopic (exact) mass is 194 g/mol. The molecule has 2 nitrogen and oxygen atoms in total. The van der Waals surface area contributed by atoms with E-state index in [2.05, 4.69) is 16.8 Å². The molecule has 1 saturated carbocycles. The van der Waals surface area contributed by atoms with Crippen LogP contribution in [0.1, 0.15) is 25.7 Å². The summed E-state index contributed by atoms with van der Waals surface area (Å²) < 4.78 is 0. The minimum Gasteiger partial charge on any atom is -0.313 e. The molecule has 0 spiro atoms. The molecule has 1 unspecified atom stereocenters. The summed E-state index contributed by atoms with van der Waals surface area (Å²) in [6.07, 6.45) is 7.66. The van der Waals surface area contributed by atoms with E-state index in [9.17, 15) is 0 Å². The number of hydrogen-bond donors (Lipinski definition) is 1. The number of hydrogen-bond acceptors (Lipinski definition) is 2. The highest BCUT2D eigenvalue weighted by molar-refractivity contribution is 4.85. The standard InChI is InChI=1S/C12H22N2/c1-2-8-14(9-11-5-6-11)10-12-4-3-7-13-12/h2,11-13H,1,3-10H2. The van der Waals surface area contributed by atoms with Gasteiger partial charge >= 0.3 is 0 Å². The topological polar surface area (TPSA) is 15.3 Å². The molecule has 0 bridgehead atoms. The molecule has 1 N–H and O–H groups in total. The van der Waals surface area contributed by atoms with Gasteiger partial charge in [0, 0.05) is 25.7 Å². The second-order valence-electron chi connectivity index (χ2n) is 4.74. The predicted molar refractivity (Wildman–Crippen MR) is 60.4 cm³/mol. The van der Waals surface area contributed by atoms with Crippen molar-refractivity contribution in [2.45, 2.75) is 31.7 Å². The highest BCUT2D eigenvalue weighted by Crippen LogP contribution is 2.29. The maximum Gasteiger partial charge on any atom is 0.0195 e. The molecule has 0 aromatic heterocycles. The van der Waals surface area contributed by atoms with Gasteiger partial charge in [-0.25, -0.2) is 0 Å². The maximum absolute atomic E-state index is 3.84. The van der Waals surface area contributed by atoms with Crippen LogP contribution < -0.4 is 5.32 Å². The average molecular weight is 194 g/mol. The highest BCUT2D eigenvalue weighted by Gasteiger charge is 2.25. The second-order valence-corrected chi connectivity index (χ2v) is 4.74. The lowest BCUT2D eigenvalue weighted by Crippen LogP contribution is -2.38. The fourth-order valence-electron chi connectivity index (χ4n) is 2.30. The van der Waals surface area contributed by atoms with Gasteiger partial charge in [0.15, 0.2) is 0 Å². The van der Waals surface area contributed by atoms with Crippen LogP contribution in [0.15, 0.2) is 12.7 Å². The number of nitrogens with one attached hydrogen (secondary N) is 1. The molecule has 1 aliphatic carbocycles. The first-order chi connectivity index (χ1) is 6.88. The van der Waals surface area contributed by atoms with E-state index in [1.165, 1.54) is 45.3 Å². The molecule has 1 heterocycles. The van der Waals surface area contributed by atoms with E-state index in [0.717, 1.165) is 18.5 Å². The molecule has 80 valence electrons. The third kappa shape index (κ3) is 3.10. The van der Waals surface area contributed by atoms with Crippen molar-refractivity contribution in [3.63, 3.8) is 0 Å². The summed E-state index contributed by atoms with van der Waals surface area (Å²) >= 11 is 0. The Balaban J connectivity index is 1.72. The molecule has 1 aliphatic heterocycles. The molecule has 2 fully saturated rings. The van der Waals surface area contributed by atoms with Crippen LogP contribution in [0.5, 0.6) is 0 Å². The van der Waals surface area contributed by atoms with Crippen molar-refractivity contribution in [3.05, 3.63) is 12.7 Å². The van der Waals surface area contributed by atoms with Gasteiger partial charge in [-0.2, -0.15) is 0 Å². The Morgan fingerprint density at radius 3 is 2.71 bits per heavy atom. The molecular weight excluding hydrogens is 172 g/mol. The lowest BCUT2D eigenvalue weighted by atomic mass is 10.2. The van der Waals surface area contributed by atoms with E-state index in [1.54, 1.807) is 0 Å². The molecule has 0 aromatic carbocycles. The van der Waals surface area contributed by atoms with Crippen LogP contribution in [0, 0.1) is 5.92 Å². The minimum absolute atomic E-state index is 0.744. The van der Waals surface area contributed by atoms with Crippen LogP contribution in [0.2, 0.25) is 0 Å². The molecule has 0 radical (unpaired) electrons. The van der Waals surface area contributed by atoms with Crippen LogP contribution >= 0.6 is 0 Å². The Kier molecular flexibility index (Phi) is 3.60. The summed E-state index contributed by atoms with van der Waals surface area (Å²) in [5.41, 5.74) is 0. The van der Waals surface area contributed by atoms with Crippen LogP contribution in [-0.4, -0.2) is 37.1 Å². The van der Waals surface area contributed by atoms with Crippen molar-refractivity contribution in [1.82, 2.24) is 10.2 Å². The average Bonchev–Trinajstić information content (AvgIpc) is 2.81. The molecule has 0 amide bonds. The number of nitrogens with zero attached hydrogens (tertiary/aromatic N) is 1. The van der Waals surface area contributed by atoms with Gasteiger partial charge in [-0.3, -0.25) is 4.90 Å². The van der Waals surface area contributed by atoms with Crippen molar-refractivity contribution in [3.8, 4) is 0 Å². The zero-order chi connectivity index (χ0) is 9.80.